The second-order valence-electron chi connectivity index (χ2n) is 5.39. The van der Waals surface area contributed by atoms with Crippen molar-refractivity contribution in [2.45, 2.75) is 33.7 Å². The van der Waals surface area contributed by atoms with Crippen molar-refractivity contribution in [1.82, 2.24) is 15.6 Å². The first-order valence-corrected chi connectivity index (χ1v) is 8.32. The number of para-hydroxylation sites is 1. The molecule has 1 heterocycles. The van der Waals surface area contributed by atoms with E-state index in [2.05, 4.69) is 20.6 Å². The molecule has 0 saturated heterocycles. The minimum absolute atomic E-state index is 0. The summed E-state index contributed by atoms with van der Waals surface area (Å²) in [6, 6.07) is 9.83. The number of hydrogen-bond donors (Lipinski definition) is 2. The zero-order chi connectivity index (χ0) is 17.2. The van der Waals surface area contributed by atoms with Crippen LogP contribution in [-0.2, 0) is 6.54 Å². The summed E-state index contributed by atoms with van der Waals surface area (Å²) in [7, 11) is 0. The predicted molar refractivity (Wildman–Crippen MR) is 111 cm³/mol. The van der Waals surface area contributed by atoms with Crippen LogP contribution in [0.15, 0.2) is 39.7 Å². The van der Waals surface area contributed by atoms with Gasteiger partial charge in [-0.05, 0) is 39.3 Å². The number of hydrogen-bond acceptors (Lipinski definition) is 4. The van der Waals surface area contributed by atoms with Crippen molar-refractivity contribution < 1.29 is 9.15 Å². The smallest absolute Gasteiger partial charge is 0.216 e. The lowest BCUT2D eigenvalue weighted by Gasteiger charge is -2.11. The van der Waals surface area contributed by atoms with Crippen molar-refractivity contribution in [3.8, 4) is 5.75 Å². The van der Waals surface area contributed by atoms with E-state index < -0.39 is 0 Å². The average molecular weight is 458 g/mol. The van der Waals surface area contributed by atoms with Gasteiger partial charge in [0.05, 0.1) is 12.3 Å². The van der Waals surface area contributed by atoms with E-state index in [0.29, 0.717) is 19.0 Å². The molecule has 0 fully saturated rings. The van der Waals surface area contributed by atoms with Crippen molar-refractivity contribution in [1.29, 1.82) is 0 Å². The second kappa shape index (κ2) is 11.7. The Balaban J connectivity index is 0.00000312. The van der Waals surface area contributed by atoms with E-state index in [1.165, 1.54) is 0 Å². The fraction of sp³-hybridized carbons (Fsp3) is 0.444. The molecule has 0 aliphatic heterocycles. The van der Waals surface area contributed by atoms with Gasteiger partial charge in [0.1, 0.15) is 18.1 Å². The van der Waals surface area contributed by atoms with Gasteiger partial charge in [-0.3, -0.25) is 0 Å². The molecule has 2 N–H and O–H groups in total. The van der Waals surface area contributed by atoms with Crippen LogP contribution in [-0.4, -0.2) is 30.6 Å². The third kappa shape index (κ3) is 7.76. The van der Waals surface area contributed by atoms with Gasteiger partial charge in [0.2, 0.25) is 5.89 Å². The third-order valence-electron chi connectivity index (χ3n) is 3.41. The first kappa shape index (κ1) is 21.3. The number of aryl methyl sites for hydroxylation is 2. The molecule has 0 amide bonds. The molecule has 0 unspecified atom stereocenters. The van der Waals surface area contributed by atoms with Crippen LogP contribution in [0.5, 0.6) is 5.75 Å². The lowest BCUT2D eigenvalue weighted by atomic mass is 10.3. The van der Waals surface area contributed by atoms with Gasteiger partial charge in [0, 0.05) is 13.1 Å². The highest BCUT2D eigenvalue weighted by atomic mass is 127. The maximum Gasteiger partial charge on any atom is 0.216 e. The molecule has 0 bridgehead atoms. The third-order valence-corrected chi connectivity index (χ3v) is 3.41. The van der Waals surface area contributed by atoms with Gasteiger partial charge >= 0.3 is 0 Å². The Morgan fingerprint density at radius 1 is 1.20 bits per heavy atom. The Morgan fingerprint density at radius 3 is 2.60 bits per heavy atom. The number of halogens is 1. The van der Waals surface area contributed by atoms with Gasteiger partial charge in [-0.1, -0.05) is 18.2 Å². The maximum atomic E-state index is 5.67. The molecule has 0 atom stereocenters. The molecule has 0 saturated carbocycles. The molecule has 6 nitrogen and oxygen atoms in total. The highest BCUT2D eigenvalue weighted by molar-refractivity contribution is 14.0. The van der Waals surface area contributed by atoms with Crippen LogP contribution in [0.25, 0.3) is 0 Å². The largest absolute Gasteiger partial charge is 0.494 e. The Morgan fingerprint density at radius 2 is 1.96 bits per heavy atom. The minimum Gasteiger partial charge on any atom is -0.494 e. The molecule has 0 radical (unpaired) electrons. The van der Waals surface area contributed by atoms with Crippen LogP contribution in [0, 0.1) is 13.8 Å². The summed E-state index contributed by atoms with van der Waals surface area (Å²) in [6.07, 6.45) is 0.885. The van der Waals surface area contributed by atoms with Crippen LogP contribution < -0.4 is 15.4 Å². The van der Waals surface area contributed by atoms with E-state index in [4.69, 9.17) is 9.15 Å². The molecule has 0 aliphatic rings. The number of aliphatic imine (C=N–C) groups is 1. The van der Waals surface area contributed by atoms with Crippen LogP contribution >= 0.6 is 24.0 Å². The number of rotatable bonds is 8. The van der Waals surface area contributed by atoms with Gasteiger partial charge in [-0.15, -0.1) is 24.0 Å². The number of ether oxygens (including phenoxy) is 1. The molecule has 25 heavy (non-hydrogen) atoms. The number of oxazole rings is 1. The Labute approximate surface area is 166 Å². The summed E-state index contributed by atoms with van der Waals surface area (Å²) in [6.45, 7) is 8.54. The van der Waals surface area contributed by atoms with Crippen molar-refractivity contribution in [3.63, 3.8) is 0 Å². The molecular formula is C18H27IN4O2. The zero-order valence-electron chi connectivity index (χ0n) is 15.0. The maximum absolute atomic E-state index is 5.67. The monoisotopic (exact) mass is 458 g/mol. The Kier molecular flexibility index (Phi) is 9.98. The normalized spacial score (nSPS) is 10.9. The summed E-state index contributed by atoms with van der Waals surface area (Å²) < 4.78 is 11.2. The fourth-order valence-corrected chi connectivity index (χ4v) is 2.08. The summed E-state index contributed by atoms with van der Waals surface area (Å²) in [4.78, 5) is 8.83. The van der Waals surface area contributed by atoms with Crippen LogP contribution in [0.4, 0.5) is 0 Å². The number of guanidine groups is 1. The van der Waals surface area contributed by atoms with Crippen LogP contribution in [0.3, 0.4) is 0 Å². The summed E-state index contributed by atoms with van der Waals surface area (Å²) >= 11 is 0. The standard InChI is InChI=1S/C18H26N4O2.HI/c1-4-19-18(21-13-17-22-14(2)15(3)24-17)20-11-8-12-23-16-9-6-5-7-10-16;/h5-7,9-10H,4,8,11-13H2,1-3H3,(H2,19,20,21);1H. The van der Waals surface area contributed by atoms with Crippen molar-refractivity contribution in [2.24, 2.45) is 4.99 Å². The van der Waals surface area contributed by atoms with Crippen molar-refractivity contribution >= 4 is 29.9 Å². The van der Waals surface area contributed by atoms with E-state index in [1.54, 1.807) is 0 Å². The predicted octanol–water partition coefficient (Wildman–Crippen LogP) is 3.43. The Bertz CT molecular complexity index is 624. The molecule has 0 aliphatic carbocycles. The number of nitrogens with zero attached hydrogens (tertiary/aromatic N) is 2. The van der Waals surface area contributed by atoms with Crippen molar-refractivity contribution in [3.05, 3.63) is 47.7 Å². The average Bonchev–Trinajstić information content (AvgIpc) is 2.91. The molecule has 2 aromatic rings. The van der Waals surface area contributed by atoms with E-state index in [-0.39, 0.29) is 24.0 Å². The van der Waals surface area contributed by atoms with Crippen LogP contribution in [0.2, 0.25) is 0 Å². The van der Waals surface area contributed by atoms with Crippen LogP contribution in [0.1, 0.15) is 30.7 Å². The molecule has 2 rings (SSSR count). The summed E-state index contributed by atoms with van der Waals surface area (Å²) in [5.41, 5.74) is 0.913. The zero-order valence-corrected chi connectivity index (χ0v) is 17.4. The minimum atomic E-state index is 0. The lowest BCUT2D eigenvalue weighted by molar-refractivity contribution is 0.311. The number of benzene rings is 1. The van der Waals surface area contributed by atoms with E-state index in [9.17, 15) is 0 Å². The van der Waals surface area contributed by atoms with E-state index >= 15 is 0 Å². The van der Waals surface area contributed by atoms with Gasteiger partial charge in [0.25, 0.3) is 0 Å². The van der Waals surface area contributed by atoms with Crippen molar-refractivity contribution in [2.75, 3.05) is 19.7 Å². The molecule has 1 aromatic heterocycles. The van der Waals surface area contributed by atoms with E-state index in [0.717, 1.165) is 42.7 Å². The van der Waals surface area contributed by atoms with Gasteiger partial charge in [-0.25, -0.2) is 9.98 Å². The molecule has 1 aromatic carbocycles. The SMILES string of the molecule is CCNC(=NCc1nc(C)c(C)o1)NCCCOc1ccccc1.I. The fourth-order valence-electron chi connectivity index (χ4n) is 2.08. The molecule has 0 spiro atoms. The highest BCUT2D eigenvalue weighted by Gasteiger charge is 2.05. The first-order valence-electron chi connectivity index (χ1n) is 8.32. The van der Waals surface area contributed by atoms with Gasteiger partial charge < -0.3 is 19.8 Å². The van der Waals surface area contributed by atoms with Gasteiger partial charge in [-0.2, -0.15) is 0 Å². The Hall–Kier alpha value is -1.77. The van der Waals surface area contributed by atoms with E-state index in [1.807, 2.05) is 51.1 Å². The summed E-state index contributed by atoms with van der Waals surface area (Å²) in [5.74, 6) is 3.13. The molecular weight excluding hydrogens is 431 g/mol. The second-order valence-corrected chi connectivity index (χ2v) is 5.39. The number of aromatic nitrogens is 1. The molecule has 7 heteroatoms. The lowest BCUT2D eigenvalue weighted by Crippen LogP contribution is -2.38. The molecule has 138 valence electrons. The quantitative estimate of drug-likeness (QED) is 0.275. The summed E-state index contributed by atoms with van der Waals surface area (Å²) in [5, 5.41) is 6.50. The number of nitrogens with one attached hydrogen (secondary N) is 2. The topological polar surface area (TPSA) is 71.7 Å². The first-order chi connectivity index (χ1) is 11.7. The van der Waals surface area contributed by atoms with Gasteiger partial charge in [0.15, 0.2) is 5.96 Å². The highest BCUT2D eigenvalue weighted by Crippen LogP contribution is 2.09.